The van der Waals surface area contributed by atoms with Gasteiger partial charge in [-0.3, -0.25) is 9.69 Å². The van der Waals surface area contributed by atoms with Crippen LogP contribution in [0.5, 0.6) is 0 Å². The number of aliphatic hydroxyl groups is 1. The zero-order valence-corrected chi connectivity index (χ0v) is 24.0. The van der Waals surface area contributed by atoms with Gasteiger partial charge < -0.3 is 25.8 Å². The molecule has 0 saturated carbocycles. The predicted molar refractivity (Wildman–Crippen MR) is 154 cm³/mol. The summed E-state index contributed by atoms with van der Waals surface area (Å²) < 4.78 is 5.31. The summed E-state index contributed by atoms with van der Waals surface area (Å²) in [5.74, 6) is 6.72. The van der Waals surface area contributed by atoms with Crippen LogP contribution in [0.1, 0.15) is 65.0 Å². The molecule has 11 nitrogen and oxygen atoms in total. The van der Waals surface area contributed by atoms with Crippen molar-refractivity contribution in [1.29, 1.82) is 5.26 Å². The van der Waals surface area contributed by atoms with Gasteiger partial charge in [-0.2, -0.15) is 10.2 Å². The summed E-state index contributed by atoms with van der Waals surface area (Å²) in [4.78, 5) is 35.1. The van der Waals surface area contributed by atoms with E-state index in [1.807, 2.05) is 0 Å². The van der Waals surface area contributed by atoms with Crippen LogP contribution in [0.3, 0.4) is 0 Å². The van der Waals surface area contributed by atoms with Crippen LogP contribution < -0.4 is 16.0 Å². The number of rotatable bonds is 11. The number of aromatic nitrogens is 2. The summed E-state index contributed by atoms with van der Waals surface area (Å²) in [5.41, 5.74) is 1.26. The summed E-state index contributed by atoms with van der Waals surface area (Å²) in [5, 5.41) is 28.2. The molecule has 2 atom stereocenters. The Hall–Kier alpha value is -4.35. The molecule has 0 spiro atoms. The van der Waals surface area contributed by atoms with Gasteiger partial charge in [0.05, 0.1) is 29.5 Å². The van der Waals surface area contributed by atoms with Crippen LogP contribution >= 0.6 is 0 Å². The highest BCUT2D eigenvalue weighted by Gasteiger charge is 2.33. The molecule has 2 amide bonds. The van der Waals surface area contributed by atoms with Crippen molar-refractivity contribution < 1.29 is 19.4 Å². The molecular formula is C29H39N7O4. The third-order valence-electron chi connectivity index (χ3n) is 5.43. The van der Waals surface area contributed by atoms with E-state index in [1.54, 1.807) is 51.2 Å². The minimum atomic E-state index is -1.08. The van der Waals surface area contributed by atoms with Crippen LogP contribution in [0.25, 0.3) is 0 Å². The lowest BCUT2D eigenvalue weighted by atomic mass is 10.1. The molecule has 2 rings (SSSR count). The van der Waals surface area contributed by atoms with Crippen molar-refractivity contribution in [2.75, 3.05) is 30.8 Å². The Morgan fingerprint density at radius 1 is 1.20 bits per heavy atom. The second-order valence-electron chi connectivity index (χ2n) is 10.2. The number of carbonyl (C=O) groups is 2. The molecular weight excluding hydrogens is 510 g/mol. The van der Waals surface area contributed by atoms with E-state index in [0.717, 1.165) is 23.6 Å². The lowest BCUT2D eigenvalue weighted by Gasteiger charge is -2.31. The van der Waals surface area contributed by atoms with Crippen LogP contribution in [-0.4, -0.2) is 69.9 Å². The molecule has 0 saturated heterocycles. The molecule has 2 aromatic rings. The molecule has 214 valence electrons. The first kappa shape index (κ1) is 31.9. The Balaban J connectivity index is 1.96. The fraction of sp³-hybridized carbons (Fsp3) is 0.483. The number of hydrogen-bond donors (Lipinski definition) is 4. The molecule has 0 fully saturated rings. The van der Waals surface area contributed by atoms with Crippen molar-refractivity contribution in [3.05, 3.63) is 41.6 Å². The Morgan fingerprint density at radius 2 is 1.90 bits per heavy atom. The average Bonchev–Trinajstić information content (AvgIpc) is 2.89. The maximum atomic E-state index is 12.7. The van der Waals surface area contributed by atoms with E-state index in [2.05, 4.69) is 50.8 Å². The first-order chi connectivity index (χ1) is 18.9. The van der Waals surface area contributed by atoms with Crippen molar-refractivity contribution in [1.82, 2.24) is 20.2 Å². The number of nitriles is 1. The summed E-state index contributed by atoms with van der Waals surface area (Å²) in [6.45, 7) is 9.74. The number of benzene rings is 1. The van der Waals surface area contributed by atoms with E-state index in [9.17, 15) is 14.7 Å². The normalized spacial score (nSPS) is 12.2. The van der Waals surface area contributed by atoms with Crippen molar-refractivity contribution in [3.8, 4) is 17.9 Å². The number of nitrogens with zero attached hydrogens (tertiary/aromatic N) is 4. The zero-order chi connectivity index (χ0) is 29.7. The number of nitrogens with one attached hydrogen (secondary N) is 3. The minimum Gasteiger partial charge on any atom is -0.444 e. The monoisotopic (exact) mass is 549 g/mol. The molecule has 1 aromatic heterocycles. The second kappa shape index (κ2) is 15.3. The standard InChI is InChI=1S/C29H39N7O4/c1-7-16-31-25-22(19-33-27(35-25)34-23-14-12-21(18-30)13-15-23)11-9-8-10-17-32-26(38)24(20(2)37)36(6)28(39)40-29(3,4)5/h12-15,19-20,24,37H,7-8,10,16-17H2,1-6H3,(H,32,38)(H2,31,33,34,35)/t20-,24+/m1/s1. The molecule has 0 bridgehead atoms. The molecule has 0 unspecified atom stereocenters. The third kappa shape index (κ3) is 10.4. The Bertz CT molecular complexity index is 1240. The summed E-state index contributed by atoms with van der Waals surface area (Å²) in [6, 6.07) is 8.00. The smallest absolute Gasteiger partial charge is 0.410 e. The van der Waals surface area contributed by atoms with Gasteiger partial charge in [-0.05, 0) is 64.8 Å². The summed E-state index contributed by atoms with van der Waals surface area (Å²) >= 11 is 0. The number of anilines is 3. The van der Waals surface area contributed by atoms with E-state index >= 15 is 0 Å². The molecule has 1 aromatic carbocycles. The van der Waals surface area contributed by atoms with Crippen molar-refractivity contribution >= 4 is 29.5 Å². The molecule has 0 aliphatic heterocycles. The topological polar surface area (TPSA) is 152 Å². The molecule has 40 heavy (non-hydrogen) atoms. The van der Waals surface area contributed by atoms with E-state index in [4.69, 9.17) is 10.00 Å². The Morgan fingerprint density at radius 3 is 2.50 bits per heavy atom. The predicted octanol–water partition coefficient (Wildman–Crippen LogP) is 3.78. The van der Waals surface area contributed by atoms with Gasteiger partial charge >= 0.3 is 6.09 Å². The molecule has 0 radical (unpaired) electrons. The van der Waals surface area contributed by atoms with Gasteiger partial charge in [-0.25, -0.2) is 9.78 Å². The third-order valence-corrected chi connectivity index (χ3v) is 5.43. The van der Waals surface area contributed by atoms with Crippen molar-refractivity contribution in [2.24, 2.45) is 0 Å². The van der Waals surface area contributed by atoms with Gasteiger partial charge in [0.1, 0.15) is 17.5 Å². The first-order valence-electron chi connectivity index (χ1n) is 13.2. The Labute approximate surface area is 236 Å². The fourth-order valence-electron chi connectivity index (χ4n) is 3.49. The lowest BCUT2D eigenvalue weighted by Crippen LogP contribution is -2.54. The zero-order valence-electron chi connectivity index (χ0n) is 24.0. The van der Waals surface area contributed by atoms with Gasteiger partial charge in [0, 0.05) is 32.2 Å². The highest BCUT2D eigenvalue weighted by molar-refractivity contribution is 5.86. The SMILES string of the molecule is CCCNc1nc(Nc2ccc(C#N)cc2)ncc1C#CCCCNC(=O)[C@H]([C@@H](C)O)N(C)C(=O)OC(C)(C)C. The first-order valence-corrected chi connectivity index (χ1v) is 13.2. The van der Waals surface area contributed by atoms with Gasteiger partial charge in [0.15, 0.2) is 0 Å². The molecule has 11 heteroatoms. The van der Waals surface area contributed by atoms with Crippen LogP contribution in [0, 0.1) is 23.2 Å². The van der Waals surface area contributed by atoms with Crippen LogP contribution in [0.15, 0.2) is 30.5 Å². The fourth-order valence-corrected chi connectivity index (χ4v) is 3.49. The number of hydrogen-bond acceptors (Lipinski definition) is 9. The average molecular weight is 550 g/mol. The minimum absolute atomic E-state index is 0.323. The number of amides is 2. The number of aliphatic hydroxyl groups excluding tert-OH is 1. The molecule has 0 aliphatic rings. The Kier molecular flexibility index (Phi) is 12.2. The van der Waals surface area contributed by atoms with E-state index in [-0.39, 0.29) is 0 Å². The number of ether oxygens (including phenoxy) is 1. The highest BCUT2D eigenvalue weighted by Crippen LogP contribution is 2.18. The van der Waals surface area contributed by atoms with Crippen molar-refractivity contribution in [2.45, 2.75) is 71.6 Å². The van der Waals surface area contributed by atoms with Gasteiger partial charge in [-0.15, -0.1) is 0 Å². The number of likely N-dealkylation sites (N-methyl/N-ethyl adjacent to an activating group) is 1. The van der Waals surface area contributed by atoms with Crippen LogP contribution in [0.4, 0.5) is 22.2 Å². The maximum absolute atomic E-state index is 12.7. The molecule has 0 aliphatic carbocycles. The number of carbonyl (C=O) groups excluding carboxylic acids is 2. The quantitative estimate of drug-likeness (QED) is 0.242. The molecule has 4 N–H and O–H groups in total. The van der Waals surface area contributed by atoms with Gasteiger partial charge in [-0.1, -0.05) is 18.8 Å². The number of unbranched alkanes of at least 4 members (excludes halogenated alkanes) is 1. The molecule has 1 heterocycles. The second-order valence-corrected chi connectivity index (χ2v) is 10.2. The lowest BCUT2D eigenvalue weighted by molar-refractivity contribution is -0.129. The maximum Gasteiger partial charge on any atom is 0.410 e. The van der Waals surface area contributed by atoms with Gasteiger partial charge in [0.25, 0.3) is 0 Å². The summed E-state index contributed by atoms with van der Waals surface area (Å²) in [7, 11) is 1.42. The van der Waals surface area contributed by atoms with E-state index < -0.39 is 29.7 Å². The van der Waals surface area contributed by atoms with E-state index in [0.29, 0.717) is 42.3 Å². The van der Waals surface area contributed by atoms with Crippen molar-refractivity contribution in [3.63, 3.8) is 0 Å². The summed E-state index contributed by atoms with van der Waals surface area (Å²) in [6.07, 6.45) is 1.85. The largest absolute Gasteiger partial charge is 0.444 e. The van der Waals surface area contributed by atoms with Crippen LogP contribution in [0.2, 0.25) is 0 Å². The van der Waals surface area contributed by atoms with Crippen LogP contribution in [-0.2, 0) is 9.53 Å². The van der Waals surface area contributed by atoms with Gasteiger partial charge in [0.2, 0.25) is 11.9 Å². The highest BCUT2D eigenvalue weighted by atomic mass is 16.6. The van der Waals surface area contributed by atoms with E-state index in [1.165, 1.54) is 14.0 Å².